The summed E-state index contributed by atoms with van der Waals surface area (Å²) < 4.78 is 0. The fourth-order valence-corrected chi connectivity index (χ4v) is 2.28. The molecule has 140 valence electrons. The molecule has 0 radical (unpaired) electrons. The number of rotatable bonds is 6. The number of hydrogen-bond acceptors (Lipinski definition) is 3. The standard InChI is InChI=1S/C21H23N3O3/c1-15-8-9-16(2)18(14-15)22-19(25)12-13-21(27)24-23-20(26)11-10-17-6-4-3-5-7-17/h3-11,14H,12-13H2,1-2H3,(H,22,25)(H,23,26)(H,24,27)/b11-10+. The highest BCUT2D eigenvalue weighted by Crippen LogP contribution is 2.16. The minimum absolute atomic E-state index is 0.0228. The Hall–Kier alpha value is -3.41. The second-order valence-electron chi connectivity index (χ2n) is 6.15. The first-order valence-electron chi connectivity index (χ1n) is 8.63. The Morgan fingerprint density at radius 2 is 1.59 bits per heavy atom. The summed E-state index contributed by atoms with van der Waals surface area (Å²) in [7, 11) is 0. The predicted molar refractivity (Wildman–Crippen MR) is 106 cm³/mol. The Balaban J connectivity index is 1.71. The molecule has 6 nitrogen and oxygen atoms in total. The van der Waals surface area contributed by atoms with Gasteiger partial charge in [-0.1, -0.05) is 42.5 Å². The number of carbonyl (C=O) groups excluding carboxylic acids is 3. The summed E-state index contributed by atoms with van der Waals surface area (Å²) in [5.41, 5.74) is 8.18. The van der Waals surface area contributed by atoms with E-state index >= 15 is 0 Å². The summed E-state index contributed by atoms with van der Waals surface area (Å²) in [5, 5.41) is 2.79. The topological polar surface area (TPSA) is 87.3 Å². The van der Waals surface area contributed by atoms with E-state index < -0.39 is 11.8 Å². The molecule has 0 saturated carbocycles. The van der Waals surface area contributed by atoms with Gasteiger partial charge in [0.25, 0.3) is 5.91 Å². The first-order chi connectivity index (χ1) is 12.9. The van der Waals surface area contributed by atoms with E-state index in [9.17, 15) is 14.4 Å². The van der Waals surface area contributed by atoms with Crippen molar-refractivity contribution in [3.63, 3.8) is 0 Å². The second-order valence-corrected chi connectivity index (χ2v) is 6.15. The quantitative estimate of drug-likeness (QED) is 0.543. The first kappa shape index (κ1) is 19.9. The van der Waals surface area contributed by atoms with Gasteiger partial charge in [0.2, 0.25) is 11.8 Å². The van der Waals surface area contributed by atoms with Crippen LogP contribution < -0.4 is 16.2 Å². The zero-order valence-corrected chi connectivity index (χ0v) is 15.4. The number of nitrogens with one attached hydrogen (secondary N) is 3. The minimum atomic E-state index is -0.452. The van der Waals surface area contributed by atoms with Gasteiger partial charge in [0, 0.05) is 24.6 Å². The number of carbonyl (C=O) groups is 3. The van der Waals surface area contributed by atoms with E-state index in [1.807, 2.05) is 62.4 Å². The van der Waals surface area contributed by atoms with Crippen molar-refractivity contribution in [2.75, 3.05) is 5.32 Å². The number of hydrogen-bond donors (Lipinski definition) is 3. The largest absolute Gasteiger partial charge is 0.326 e. The van der Waals surface area contributed by atoms with Gasteiger partial charge in [0.1, 0.15) is 0 Å². The zero-order valence-electron chi connectivity index (χ0n) is 15.4. The molecule has 0 bridgehead atoms. The van der Waals surface area contributed by atoms with Gasteiger partial charge in [-0.3, -0.25) is 25.2 Å². The van der Waals surface area contributed by atoms with Crippen molar-refractivity contribution in [3.05, 3.63) is 71.3 Å². The highest BCUT2D eigenvalue weighted by atomic mass is 16.2. The van der Waals surface area contributed by atoms with Crippen LogP contribution in [0, 0.1) is 13.8 Å². The van der Waals surface area contributed by atoms with Crippen molar-refractivity contribution in [2.45, 2.75) is 26.7 Å². The molecule has 0 aliphatic rings. The number of benzene rings is 2. The highest BCUT2D eigenvalue weighted by molar-refractivity contribution is 5.95. The van der Waals surface area contributed by atoms with Crippen LogP contribution in [-0.2, 0) is 14.4 Å². The summed E-state index contributed by atoms with van der Waals surface area (Å²) in [6, 6.07) is 15.1. The lowest BCUT2D eigenvalue weighted by Crippen LogP contribution is -2.41. The van der Waals surface area contributed by atoms with Crippen molar-refractivity contribution < 1.29 is 14.4 Å². The van der Waals surface area contributed by atoms with Gasteiger partial charge >= 0.3 is 0 Å². The van der Waals surface area contributed by atoms with Crippen molar-refractivity contribution >= 4 is 29.5 Å². The van der Waals surface area contributed by atoms with Gasteiger partial charge in [-0.2, -0.15) is 0 Å². The smallest absolute Gasteiger partial charge is 0.262 e. The Morgan fingerprint density at radius 3 is 2.33 bits per heavy atom. The zero-order chi connectivity index (χ0) is 19.6. The van der Waals surface area contributed by atoms with Gasteiger partial charge in [-0.15, -0.1) is 0 Å². The van der Waals surface area contributed by atoms with E-state index in [0.29, 0.717) is 0 Å². The molecule has 0 atom stereocenters. The molecule has 3 amide bonds. The number of anilines is 1. The molecule has 0 aliphatic carbocycles. The van der Waals surface area contributed by atoms with Gasteiger partial charge in [-0.05, 0) is 42.7 Å². The minimum Gasteiger partial charge on any atom is -0.326 e. The molecule has 2 aromatic carbocycles. The Labute approximate surface area is 158 Å². The molecular formula is C21H23N3O3. The van der Waals surface area contributed by atoms with Crippen LogP contribution in [0.25, 0.3) is 6.08 Å². The van der Waals surface area contributed by atoms with Crippen molar-refractivity contribution in [2.24, 2.45) is 0 Å². The van der Waals surface area contributed by atoms with Gasteiger partial charge in [-0.25, -0.2) is 0 Å². The Morgan fingerprint density at radius 1 is 0.889 bits per heavy atom. The SMILES string of the molecule is Cc1ccc(C)c(NC(=O)CCC(=O)NNC(=O)/C=C/c2ccccc2)c1. The maximum absolute atomic E-state index is 12.0. The third-order valence-electron chi connectivity index (χ3n) is 3.80. The van der Waals surface area contributed by atoms with E-state index in [0.717, 1.165) is 22.4 Å². The normalized spacial score (nSPS) is 10.4. The van der Waals surface area contributed by atoms with Crippen LogP contribution in [0.3, 0.4) is 0 Å². The average Bonchev–Trinajstić information content (AvgIpc) is 2.66. The number of hydrazine groups is 1. The molecular weight excluding hydrogens is 342 g/mol. The number of amides is 3. The van der Waals surface area contributed by atoms with Crippen LogP contribution in [-0.4, -0.2) is 17.7 Å². The highest BCUT2D eigenvalue weighted by Gasteiger charge is 2.09. The Bertz CT molecular complexity index is 845. The van der Waals surface area contributed by atoms with Crippen LogP contribution >= 0.6 is 0 Å². The molecule has 6 heteroatoms. The van der Waals surface area contributed by atoms with Crippen LogP contribution in [0.15, 0.2) is 54.6 Å². The molecule has 0 fully saturated rings. The lowest BCUT2D eigenvalue weighted by Gasteiger charge is -2.09. The molecule has 3 N–H and O–H groups in total. The van der Waals surface area contributed by atoms with Crippen LogP contribution in [0.2, 0.25) is 0 Å². The molecule has 27 heavy (non-hydrogen) atoms. The summed E-state index contributed by atoms with van der Waals surface area (Å²) in [5.74, 6) is -1.14. The van der Waals surface area contributed by atoms with Crippen LogP contribution in [0.5, 0.6) is 0 Å². The van der Waals surface area contributed by atoms with E-state index in [2.05, 4.69) is 16.2 Å². The van der Waals surface area contributed by atoms with Gasteiger partial charge in [0.15, 0.2) is 0 Å². The van der Waals surface area contributed by atoms with E-state index in [4.69, 9.17) is 0 Å². The van der Waals surface area contributed by atoms with Crippen LogP contribution in [0.1, 0.15) is 29.5 Å². The lowest BCUT2D eigenvalue weighted by molar-refractivity contribution is -0.128. The summed E-state index contributed by atoms with van der Waals surface area (Å²) in [6.07, 6.45) is 2.95. The molecule has 0 unspecified atom stereocenters. The molecule has 0 saturated heterocycles. The van der Waals surface area contributed by atoms with Crippen LogP contribution in [0.4, 0.5) is 5.69 Å². The summed E-state index contributed by atoms with van der Waals surface area (Å²) in [6.45, 7) is 3.84. The third-order valence-corrected chi connectivity index (χ3v) is 3.80. The fourth-order valence-electron chi connectivity index (χ4n) is 2.28. The van der Waals surface area contributed by atoms with E-state index in [1.54, 1.807) is 6.08 Å². The molecule has 2 rings (SSSR count). The summed E-state index contributed by atoms with van der Waals surface area (Å²) in [4.78, 5) is 35.4. The fraction of sp³-hybridized carbons (Fsp3) is 0.190. The second kappa shape index (κ2) is 9.91. The molecule has 2 aromatic rings. The maximum Gasteiger partial charge on any atom is 0.262 e. The molecule has 0 aliphatic heterocycles. The van der Waals surface area contributed by atoms with Crippen molar-refractivity contribution in [1.29, 1.82) is 0 Å². The maximum atomic E-state index is 12.0. The Kier molecular flexibility index (Phi) is 7.31. The van der Waals surface area contributed by atoms with Gasteiger partial charge in [0.05, 0.1) is 0 Å². The number of aryl methyl sites for hydroxylation is 2. The van der Waals surface area contributed by atoms with Gasteiger partial charge < -0.3 is 5.32 Å². The van der Waals surface area contributed by atoms with Crippen molar-refractivity contribution in [1.82, 2.24) is 10.9 Å². The first-order valence-corrected chi connectivity index (χ1v) is 8.63. The predicted octanol–water partition coefficient (Wildman–Crippen LogP) is 2.88. The summed E-state index contributed by atoms with van der Waals surface area (Å²) >= 11 is 0. The van der Waals surface area contributed by atoms with E-state index in [1.165, 1.54) is 6.08 Å². The lowest BCUT2D eigenvalue weighted by atomic mass is 10.1. The molecule has 0 aromatic heterocycles. The average molecular weight is 365 g/mol. The molecule has 0 heterocycles. The third kappa shape index (κ3) is 7.15. The van der Waals surface area contributed by atoms with E-state index in [-0.39, 0.29) is 18.7 Å². The van der Waals surface area contributed by atoms with Crippen molar-refractivity contribution in [3.8, 4) is 0 Å². The monoisotopic (exact) mass is 365 g/mol. The molecule has 0 spiro atoms.